The molecule has 1 N–H and O–H groups in total. The SMILES string of the molecule is O[C@@H]1CON=C1c1ccccc1. The third kappa shape index (κ3) is 1.19. The van der Waals surface area contributed by atoms with Crippen molar-refractivity contribution in [3.8, 4) is 0 Å². The zero-order chi connectivity index (χ0) is 8.39. The van der Waals surface area contributed by atoms with Crippen LogP contribution in [0.25, 0.3) is 0 Å². The van der Waals surface area contributed by atoms with Gasteiger partial charge in [0.2, 0.25) is 0 Å². The van der Waals surface area contributed by atoms with Crippen LogP contribution >= 0.6 is 0 Å². The zero-order valence-corrected chi connectivity index (χ0v) is 6.47. The molecule has 0 aliphatic carbocycles. The van der Waals surface area contributed by atoms with Crippen LogP contribution in [0.3, 0.4) is 0 Å². The van der Waals surface area contributed by atoms with Crippen LogP contribution in [0, 0.1) is 0 Å². The molecule has 1 aliphatic rings. The molecule has 0 spiro atoms. The largest absolute Gasteiger partial charge is 0.392 e. The molecule has 3 heteroatoms. The van der Waals surface area contributed by atoms with Gasteiger partial charge in [0.1, 0.15) is 18.4 Å². The Morgan fingerprint density at radius 2 is 2.08 bits per heavy atom. The summed E-state index contributed by atoms with van der Waals surface area (Å²) in [6.45, 7) is 0.268. The Morgan fingerprint density at radius 3 is 2.67 bits per heavy atom. The Bertz CT molecular complexity index is 295. The van der Waals surface area contributed by atoms with Gasteiger partial charge >= 0.3 is 0 Å². The number of hydrogen-bond acceptors (Lipinski definition) is 3. The van der Waals surface area contributed by atoms with E-state index in [2.05, 4.69) is 5.16 Å². The molecule has 1 aliphatic heterocycles. The number of rotatable bonds is 1. The van der Waals surface area contributed by atoms with E-state index < -0.39 is 6.10 Å². The summed E-state index contributed by atoms with van der Waals surface area (Å²) in [6, 6.07) is 9.53. The molecule has 0 aromatic heterocycles. The molecule has 1 atom stereocenters. The Hall–Kier alpha value is -1.35. The molecule has 1 aromatic rings. The van der Waals surface area contributed by atoms with E-state index in [-0.39, 0.29) is 6.61 Å². The summed E-state index contributed by atoms with van der Waals surface area (Å²) in [5, 5.41) is 13.1. The lowest BCUT2D eigenvalue weighted by Gasteiger charge is -2.01. The second kappa shape index (κ2) is 2.95. The number of aliphatic hydroxyl groups excluding tert-OH is 1. The van der Waals surface area contributed by atoms with Crippen molar-refractivity contribution in [3.63, 3.8) is 0 Å². The van der Waals surface area contributed by atoms with Gasteiger partial charge in [0.05, 0.1) is 0 Å². The molecule has 12 heavy (non-hydrogen) atoms. The van der Waals surface area contributed by atoms with E-state index in [0.29, 0.717) is 5.71 Å². The lowest BCUT2D eigenvalue weighted by Crippen LogP contribution is -2.19. The predicted octanol–water partition coefficient (Wildman–Crippen LogP) is 0.782. The first-order valence-electron chi connectivity index (χ1n) is 3.81. The summed E-state index contributed by atoms with van der Waals surface area (Å²) in [5.41, 5.74) is 1.54. The highest BCUT2D eigenvalue weighted by molar-refractivity contribution is 6.04. The van der Waals surface area contributed by atoms with Crippen LogP contribution in [-0.2, 0) is 4.84 Å². The van der Waals surface area contributed by atoms with E-state index in [4.69, 9.17) is 4.84 Å². The molecule has 0 radical (unpaired) electrons. The summed E-state index contributed by atoms with van der Waals surface area (Å²) in [4.78, 5) is 4.76. The van der Waals surface area contributed by atoms with E-state index in [0.717, 1.165) is 5.56 Å². The fraction of sp³-hybridized carbons (Fsp3) is 0.222. The fourth-order valence-corrected chi connectivity index (χ4v) is 1.17. The van der Waals surface area contributed by atoms with E-state index in [9.17, 15) is 5.11 Å². The summed E-state index contributed by atoms with van der Waals surface area (Å²) in [7, 11) is 0. The molecule has 62 valence electrons. The maximum atomic E-state index is 9.39. The maximum absolute atomic E-state index is 9.39. The molecular formula is C9H9NO2. The first-order chi connectivity index (χ1) is 5.88. The number of oxime groups is 1. The van der Waals surface area contributed by atoms with Gasteiger partial charge in [0.25, 0.3) is 0 Å². The van der Waals surface area contributed by atoms with Crippen molar-refractivity contribution in [2.75, 3.05) is 6.61 Å². The molecule has 0 saturated heterocycles. The van der Waals surface area contributed by atoms with Crippen molar-refractivity contribution < 1.29 is 9.94 Å². The Labute approximate surface area is 70.3 Å². The van der Waals surface area contributed by atoms with Crippen molar-refractivity contribution in [3.05, 3.63) is 35.9 Å². The smallest absolute Gasteiger partial charge is 0.148 e. The van der Waals surface area contributed by atoms with Crippen LogP contribution in [0.2, 0.25) is 0 Å². The van der Waals surface area contributed by atoms with Crippen LogP contribution in [0.1, 0.15) is 5.56 Å². The fourth-order valence-electron chi connectivity index (χ4n) is 1.17. The molecule has 0 fully saturated rings. The van der Waals surface area contributed by atoms with Gasteiger partial charge in [-0.15, -0.1) is 0 Å². The molecule has 1 heterocycles. The van der Waals surface area contributed by atoms with Gasteiger partial charge in [0, 0.05) is 5.56 Å². The first-order valence-corrected chi connectivity index (χ1v) is 3.81. The van der Waals surface area contributed by atoms with Crippen LogP contribution in [0.5, 0.6) is 0 Å². The summed E-state index contributed by atoms with van der Waals surface area (Å²) >= 11 is 0. The van der Waals surface area contributed by atoms with Gasteiger partial charge in [-0.3, -0.25) is 0 Å². The third-order valence-corrected chi connectivity index (χ3v) is 1.78. The van der Waals surface area contributed by atoms with Gasteiger partial charge in [-0.25, -0.2) is 0 Å². The third-order valence-electron chi connectivity index (χ3n) is 1.78. The molecule has 0 bridgehead atoms. The van der Waals surface area contributed by atoms with Gasteiger partial charge in [-0.1, -0.05) is 35.5 Å². The first kappa shape index (κ1) is 7.31. The van der Waals surface area contributed by atoms with Crippen molar-refractivity contribution in [1.29, 1.82) is 0 Å². The van der Waals surface area contributed by atoms with Crippen LogP contribution in [0.4, 0.5) is 0 Å². The topological polar surface area (TPSA) is 41.8 Å². The van der Waals surface area contributed by atoms with E-state index >= 15 is 0 Å². The monoisotopic (exact) mass is 163 g/mol. The number of benzene rings is 1. The van der Waals surface area contributed by atoms with Gasteiger partial charge in [0.15, 0.2) is 0 Å². The van der Waals surface area contributed by atoms with E-state index in [1.54, 1.807) is 0 Å². The predicted molar refractivity (Wildman–Crippen MR) is 44.9 cm³/mol. The highest BCUT2D eigenvalue weighted by atomic mass is 16.6. The minimum atomic E-state index is -0.576. The second-order valence-electron chi connectivity index (χ2n) is 2.65. The van der Waals surface area contributed by atoms with E-state index in [1.165, 1.54) is 0 Å². The minimum absolute atomic E-state index is 0.268. The van der Waals surface area contributed by atoms with Crippen molar-refractivity contribution in [2.45, 2.75) is 6.10 Å². The second-order valence-corrected chi connectivity index (χ2v) is 2.65. The number of hydrogen-bond donors (Lipinski definition) is 1. The molecule has 0 unspecified atom stereocenters. The zero-order valence-electron chi connectivity index (χ0n) is 6.47. The van der Waals surface area contributed by atoms with Crippen LogP contribution in [0.15, 0.2) is 35.5 Å². The summed E-state index contributed by atoms with van der Waals surface area (Å²) in [5.74, 6) is 0. The molecular weight excluding hydrogens is 154 g/mol. The minimum Gasteiger partial charge on any atom is -0.392 e. The highest BCUT2D eigenvalue weighted by Gasteiger charge is 2.21. The van der Waals surface area contributed by atoms with Crippen LogP contribution in [-0.4, -0.2) is 23.5 Å². The Kier molecular flexibility index (Phi) is 1.80. The van der Waals surface area contributed by atoms with Crippen LogP contribution < -0.4 is 0 Å². The quantitative estimate of drug-likeness (QED) is 0.664. The van der Waals surface area contributed by atoms with Gasteiger partial charge in [-0.05, 0) is 0 Å². The number of aliphatic hydroxyl groups is 1. The summed E-state index contributed by atoms with van der Waals surface area (Å²) < 4.78 is 0. The average molecular weight is 163 g/mol. The van der Waals surface area contributed by atoms with Crippen molar-refractivity contribution in [1.82, 2.24) is 0 Å². The Balaban J connectivity index is 2.31. The van der Waals surface area contributed by atoms with Gasteiger partial charge < -0.3 is 9.94 Å². The molecule has 1 aromatic carbocycles. The van der Waals surface area contributed by atoms with Gasteiger partial charge in [-0.2, -0.15) is 0 Å². The average Bonchev–Trinajstić information content (AvgIpc) is 2.53. The standard InChI is InChI=1S/C9H9NO2/c11-8-6-12-10-9(8)7-4-2-1-3-5-7/h1-5,8,11H,6H2/t8-/m1/s1. The van der Waals surface area contributed by atoms with E-state index in [1.807, 2.05) is 30.3 Å². The highest BCUT2D eigenvalue weighted by Crippen LogP contribution is 2.10. The number of nitrogens with zero attached hydrogens (tertiary/aromatic N) is 1. The molecule has 3 nitrogen and oxygen atoms in total. The van der Waals surface area contributed by atoms with Crippen molar-refractivity contribution >= 4 is 5.71 Å². The lowest BCUT2D eigenvalue weighted by atomic mass is 10.1. The Morgan fingerprint density at radius 1 is 1.33 bits per heavy atom. The lowest BCUT2D eigenvalue weighted by molar-refractivity contribution is 0.105. The summed E-state index contributed by atoms with van der Waals surface area (Å²) in [6.07, 6.45) is -0.576. The molecule has 0 saturated carbocycles. The molecule has 0 amide bonds. The maximum Gasteiger partial charge on any atom is 0.148 e. The molecule has 2 rings (SSSR count). The van der Waals surface area contributed by atoms with Crippen molar-refractivity contribution in [2.24, 2.45) is 5.16 Å². The normalized spacial score (nSPS) is 21.8.